The molecule has 0 heterocycles. The van der Waals surface area contributed by atoms with E-state index in [1.165, 1.54) is 37.7 Å². The van der Waals surface area contributed by atoms with Crippen molar-refractivity contribution in [3.63, 3.8) is 0 Å². The number of hydrogen-bond acceptors (Lipinski definition) is 5. The lowest BCUT2D eigenvalue weighted by molar-refractivity contribution is -0.0980. The van der Waals surface area contributed by atoms with Crippen LogP contribution in [0.25, 0.3) is 0 Å². The Kier molecular flexibility index (Phi) is 12.8. The number of nitrogens with one attached hydrogen (secondary N) is 2. The Hall–Kier alpha value is -3.00. The molecule has 1 aliphatic rings. The lowest BCUT2D eigenvalue weighted by Crippen LogP contribution is -2.32. The number of carbonyl (C=O) groups excluding carboxylic acids is 1. The number of hydrogen-bond donors (Lipinski definition) is 3. The summed E-state index contributed by atoms with van der Waals surface area (Å²) in [5, 5.41) is 10.5. The highest BCUT2D eigenvalue weighted by molar-refractivity contribution is 7.86. The van der Waals surface area contributed by atoms with Gasteiger partial charge in [-0.15, -0.1) is 0 Å². The summed E-state index contributed by atoms with van der Waals surface area (Å²) in [5.41, 5.74) is 4.10. The van der Waals surface area contributed by atoms with Crippen LogP contribution in [-0.4, -0.2) is 41.2 Å². The average molecular weight is 496 g/mol. The predicted octanol–water partition coefficient (Wildman–Crippen LogP) is 5.75. The van der Waals surface area contributed by atoms with E-state index in [2.05, 4.69) is 46.3 Å². The standard InChI is InChI=1S/C26H31N3OS.CH4O.CH2O/c1-29(25-13-7-3-8-14-25)20-21-17-23(27-22-11-5-2-6-12-22)19-24(18-21)28-31(30)26-15-9-4-10-16-26;2*1-2/h2,4-6,9-12,15-19,25,27-28H,3,7-8,13-14,20H2,1H3;2H,1H3;1H2. The van der Waals surface area contributed by atoms with Crippen molar-refractivity contribution in [1.29, 1.82) is 0 Å². The van der Waals surface area contributed by atoms with Crippen LogP contribution in [0.15, 0.2) is 83.8 Å². The first-order chi connectivity index (χ1) is 17.2. The molecule has 0 amide bonds. The van der Waals surface area contributed by atoms with Gasteiger partial charge in [0, 0.05) is 36.8 Å². The van der Waals surface area contributed by atoms with Crippen molar-refractivity contribution in [2.24, 2.45) is 0 Å². The second kappa shape index (κ2) is 15.8. The molecule has 3 N–H and O–H groups in total. The van der Waals surface area contributed by atoms with E-state index in [-0.39, 0.29) is 0 Å². The minimum atomic E-state index is -1.31. The summed E-state index contributed by atoms with van der Waals surface area (Å²) in [7, 11) is 1.92. The number of benzene rings is 3. The molecule has 0 aromatic heterocycles. The quantitative estimate of drug-likeness (QED) is 0.371. The fourth-order valence-electron chi connectivity index (χ4n) is 4.25. The SMILES string of the molecule is C=O.CN(Cc1cc(Nc2ccccc2)cc(NS(=O)c2ccccc2)c1)C1CCCCC1.CO. The van der Waals surface area contributed by atoms with E-state index >= 15 is 0 Å². The van der Waals surface area contributed by atoms with Gasteiger partial charge >= 0.3 is 0 Å². The van der Waals surface area contributed by atoms with Crippen LogP contribution in [-0.2, 0) is 22.3 Å². The third-order valence-corrected chi connectivity index (χ3v) is 6.97. The highest BCUT2D eigenvalue weighted by Gasteiger charge is 2.18. The van der Waals surface area contributed by atoms with E-state index < -0.39 is 11.0 Å². The lowest BCUT2D eigenvalue weighted by Gasteiger charge is -2.31. The summed E-state index contributed by atoms with van der Waals surface area (Å²) in [5.74, 6) is 0. The number of nitrogens with zero attached hydrogens (tertiary/aromatic N) is 1. The number of aliphatic hydroxyl groups excluding tert-OH is 1. The molecule has 4 rings (SSSR count). The molecular formula is C28H37N3O3S. The monoisotopic (exact) mass is 495 g/mol. The van der Waals surface area contributed by atoms with Crippen molar-refractivity contribution in [2.75, 3.05) is 24.2 Å². The number of carbonyl (C=O) groups is 1. The van der Waals surface area contributed by atoms with Gasteiger partial charge in [0.25, 0.3) is 0 Å². The maximum absolute atomic E-state index is 12.8. The molecule has 188 valence electrons. The van der Waals surface area contributed by atoms with Crippen molar-refractivity contribution in [3.8, 4) is 0 Å². The van der Waals surface area contributed by atoms with Gasteiger partial charge in [-0.1, -0.05) is 55.7 Å². The molecule has 0 aliphatic heterocycles. The third kappa shape index (κ3) is 9.28. The molecule has 1 fully saturated rings. The van der Waals surface area contributed by atoms with Gasteiger partial charge in [0.2, 0.25) is 0 Å². The maximum Gasteiger partial charge on any atom is 0.150 e. The molecular weight excluding hydrogens is 458 g/mol. The Morgan fingerprint density at radius 1 is 0.857 bits per heavy atom. The molecule has 1 atom stereocenters. The van der Waals surface area contributed by atoms with Crippen LogP contribution in [0, 0.1) is 0 Å². The van der Waals surface area contributed by atoms with Gasteiger partial charge in [0.05, 0.1) is 4.90 Å². The summed E-state index contributed by atoms with van der Waals surface area (Å²) >= 11 is 0. The predicted molar refractivity (Wildman–Crippen MR) is 146 cm³/mol. The minimum Gasteiger partial charge on any atom is -0.400 e. The minimum absolute atomic E-state index is 0.648. The number of anilines is 3. The zero-order chi connectivity index (χ0) is 25.5. The van der Waals surface area contributed by atoms with Crippen LogP contribution in [0.2, 0.25) is 0 Å². The fourth-order valence-corrected chi connectivity index (χ4v) is 5.11. The van der Waals surface area contributed by atoms with Gasteiger partial charge in [0.1, 0.15) is 17.8 Å². The number of para-hydroxylation sites is 1. The first kappa shape index (κ1) is 28.2. The second-order valence-electron chi connectivity index (χ2n) is 8.30. The van der Waals surface area contributed by atoms with Crippen molar-refractivity contribution >= 4 is 34.8 Å². The van der Waals surface area contributed by atoms with Crippen LogP contribution >= 0.6 is 0 Å². The van der Waals surface area contributed by atoms with Gasteiger partial charge < -0.3 is 19.9 Å². The van der Waals surface area contributed by atoms with E-state index in [4.69, 9.17) is 9.90 Å². The smallest absolute Gasteiger partial charge is 0.150 e. The van der Waals surface area contributed by atoms with Crippen LogP contribution in [0.4, 0.5) is 17.1 Å². The first-order valence-corrected chi connectivity index (χ1v) is 13.0. The van der Waals surface area contributed by atoms with Crippen LogP contribution in [0.1, 0.15) is 37.7 Å². The van der Waals surface area contributed by atoms with Gasteiger partial charge in [-0.25, -0.2) is 4.21 Å². The molecule has 0 saturated heterocycles. The highest BCUT2D eigenvalue weighted by Crippen LogP contribution is 2.27. The van der Waals surface area contributed by atoms with Crippen molar-refractivity contribution in [1.82, 2.24) is 4.90 Å². The average Bonchev–Trinajstić information content (AvgIpc) is 2.92. The zero-order valence-electron chi connectivity index (χ0n) is 20.7. The summed E-state index contributed by atoms with van der Waals surface area (Å²) in [6, 6.07) is 26.7. The maximum atomic E-state index is 12.8. The largest absolute Gasteiger partial charge is 0.400 e. The Morgan fingerprint density at radius 2 is 1.43 bits per heavy atom. The van der Waals surface area contributed by atoms with E-state index in [0.29, 0.717) is 6.04 Å². The van der Waals surface area contributed by atoms with Gasteiger partial charge in [0.15, 0.2) is 0 Å². The molecule has 1 unspecified atom stereocenters. The lowest BCUT2D eigenvalue weighted by atomic mass is 9.94. The van der Waals surface area contributed by atoms with Crippen molar-refractivity contribution in [2.45, 2.75) is 49.6 Å². The van der Waals surface area contributed by atoms with E-state index in [9.17, 15) is 4.21 Å². The summed E-state index contributed by atoms with van der Waals surface area (Å²) in [4.78, 5) is 11.2. The fraction of sp³-hybridized carbons (Fsp3) is 0.321. The van der Waals surface area contributed by atoms with E-state index in [0.717, 1.165) is 35.6 Å². The van der Waals surface area contributed by atoms with Crippen LogP contribution in [0.3, 0.4) is 0 Å². The number of aliphatic hydroxyl groups is 1. The first-order valence-electron chi connectivity index (χ1n) is 11.8. The third-order valence-electron chi connectivity index (χ3n) is 5.85. The summed E-state index contributed by atoms with van der Waals surface area (Å²) in [6.45, 7) is 2.88. The normalized spacial score (nSPS) is 14.1. The molecule has 6 nitrogen and oxygen atoms in total. The van der Waals surface area contributed by atoms with Crippen LogP contribution < -0.4 is 10.0 Å². The topological polar surface area (TPSA) is 81.7 Å². The van der Waals surface area contributed by atoms with Crippen molar-refractivity contribution < 1.29 is 14.1 Å². The highest BCUT2D eigenvalue weighted by atomic mass is 32.2. The summed E-state index contributed by atoms with van der Waals surface area (Å²) < 4.78 is 16.0. The van der Waals surface area contributed by atoms with Gasteiger partial charge in [-0.2, -0.15) is 0 Å². The Bertz CT molecular complexity index is 1010. The summed E-state index contributed by atoms with van der Waals surface area (Å²) in [6.07, 6.45) is 6.57. The molecule has 7 heteroatoms. The Morgan fingerprint density at radius 3 is 2.06 bits per heavy atom. The van der Waals surface area contributed by atoms with Crippen molar-refractivity contribution in [3.05, 3.63) is 84.4 Å². The molecule has 0 radical (unpaired) electrons. The van der Waals surface area contributed by atoms with Crippen LogP contribution in [0.5, 0.6) is 0 Å². The zero-order valence-corrected chi connectivity index (χ0v) is 21.5. The molecule has 0 spiro atoms. The second-order valence-corrected chi connectivity index (χ2v) is 9.51. The molecule has 1 aliphatic carbocycles. The Balaban J connectivity index is 0.00000103. The van der Waals surface area contributed by atoms with Gasteiger partial charge in [-0.05, 0) is 67.9 Å². The molecule has 35 heavy (non-hydrogen) atoms. The molecule has 1 saturated carbocycles. The van der Waals surface area contributed by atoms with Gasteiger partial charge in [-0.3, -0.25) is 4.90 Å². The molecule has 0 bridgehead atoms. The molecule has 3 aromatic carbocycles. The van der Waals surface area contributed by atoms with E-state index in [1.807, 2.05) is 61.4 Å². The van der Waals surface area contributed by atoms with E-state index in [1.54, 1.807) is 0 Å². The number of rotatable bonds is 8. The Labute approximate surface area is 212 Å². The molecule has 3 aromatic rings.